The summed E-state index contributed by atoms with van der Waals surface area (Å²) in [6.07, 6.45) is 8.96. The highest BCUT2D eigenvalue weighted by molar-refractivity contribution is 6.05. The van der Waals surface area contributed by atoms with Crippen LogP contribution < -0.4 is 16.8 Å². The summed E-state index contributed by atoms with van der Waals surface area (Å²) in [6, 6.07) is 9.39. The third-order valence-corrected chi connectivity index (χ3v) is 5.86. The molecule has 180 valence electrons. The fourth-order valence-electron chi connectivity index (χ4n) is 4.11. The summed E-state index contributed by atoms with van der Waals surface area (Å²) in [5.74, 6) is 0.309. The number of amides is 2. The van der Waals surface area contributed by atoms with E-state index in [1.54, 1.807) is 12.4 Å². The van der Waals surface area contributed by atoms with Crippen LogP contribution in [0.25, 0.3) is 0 Å². The van der Waals surface area contributed by atoms with Crippen molar-refractivity contribution in [1.82, 2.24) is 24.6 Å². The summed E-state index contributed by atoms with van der Waals surface area (Å²) in [4.78, 5) is 31.4. The Bertz CT molecular complexity index is 1090. The molecule has 0 saturated carbocycles. The van der Waals surface area contributed by atoms with E-state index in [4.69, 9.17) is 10.5 Å². The summed E-state index contributed by atoms with van der Waals surface area (Å²) in [5.41, 5.74) is 13.2. The third-order valence-electron chi connectivity index (χ3n) is 5.86. The number of nitrogens with zero attached hydrogens (tertiary/aromatic N) is 5. The highest BCUT2D eigenvalue weighted by Crippen LogP contribution is 2.29. The molecule has 10 nitrogen and oxygen atoms in total. The second-order valence-electron chi connectivity index (χ2n) is 8.46. The minimum atomic E-state index is -0.403. The van der Waals surface area contributed by atoms with E-state index in [0.29, 0.717) is 24.2 Å². The Hall–Kier alpha value is -3.79. The number of piperidine rings is 1. The van der Waals surface area contributed by atoms with E-state index in [0.717, 1.165) is 13.1 Å². The fourth-order valence-corrected chi connectivity index (χ4v) is 4.11. The van der Waals surface area contributed by atoms with Gasteiger partial charge in [0.15, 0.2) is 11.5 Å². The average Bonchev–Trinajstić information content (AvgIpc) is 3.26. The van der Waals surface area contributed by atoms with Gasteiger partial charge in [-0.05, 0) is 56.8 Å². The van der Waals surface area contributed by atoms with E-state index in [1.807, 2.05) is 4.68 Å². The van der Waals surface area contributed by atoms with Gasteiger partial charge in [0.05, 0.1) is 18.4 Å². The molecule has 2 aromatic heterocycles. The first-order valence-corrected chi connectivity index (χ1v) is 11.3. The van der Waals surface area contributed by atoms with E-state index < -0.39 is 5.91 Å². The van der Waals surface area contributed by atoms with E-state index >= 15 is 0 Å². The maximum absolute atomic E-state index is 12.4. The molecule has 1 fully saturated rings. The predicted molar refractivity (Wildman–Crippen MR) is 131 cm³/mol. The Balaban J connectivity index is 0.00000103. The summed E-state index contributed by atoms with van der Waals surface area (Å²) in [7, 11) is 0. The summed E-state index contributed by atoms with van der Waals surface area (Å²) >= 11 is 0. The zero-order chi connectivity index (χ0) is 24.5. The van der Waals surface area contributed by atoms with Crippen LogP contribution in [0.15, 0.2) is 49.1 Å². The second kappa shape index (κ2) is 11.9. The number of nitrogens with two attached hydrogens (primary N) is 2. The van der Waals surface area contributed by atoms with Gasteiger partial charge < -0.3 is 21.7 Å². The lowest BCUT2D eigenvalue weighted by atomic mass is 9.88. The van der Waals surface area contributed by atoms with Gasteiger partial charge >= 0.3 is 0 Å². The highest BCUT2D eigenvalue weighted by Gasteiger charge is 2.22. The van der Waals surface area contributed by atoms with Crippen molar-refractivity contribution in [3.05, 3.63) is 65.9 Å². The summed E-state index contributed by atoms with van der Waals surface area (Å²) < 4.78 is 1.82. The quantitative estimate of drug-likeness (QED) is 0.474. The standard InChI is InChI=1S/C23H29N7O.CH3NO/c1-16(2)29-10-6-18(7-11-29)19-5-3-4-17(12-19)14-30-15-20(13-27-30)28-23(31)21-22(24)26-9-8-25-21;2-1-3/h3-5,8-9,12-13,15-16,18H,6-7,10-11,14H2,1-2H3,(H2,24,26)(H,28,31);1H,(H2,2,3). The number of carbonyl (C=O) groups excluding carboxylic acids is 2. The maximum Gasteiger partial charge on any atom is 0.278 e. The number of primary amides is 1. The zero-order valence-corrected chi connectivity index (χ0v) is 19.6. The Kier molecular flexibility index (Phi) is 8.69. The smallest absolute Gasteiger partial charge is 0.278 e. The average molecular weight is 465 g/mol. The third kappa shape index (κ3) is 6.61. The monoisotopic (exact) mass is 464 g/mol. The van der Waals surface area contributed by atoms with Gasteiger partial charge in [0.2, 0.25) is 6.41 Å². The molecule has 1 aliphatic rings. The molecule has 0 unspecified atom stereocenters. The topological polar surface area (TPSA) is 145 Å². The Labute approximate surface area is 199 Å². The first-order chi connectivity index (χ1) is 16.4. The van der Waals surface area contributed by atoms with Crippen LogP contribution in [0.2, 0.25) is 0 Å². The summed E-state index contributed by atoms with van der Waals surface area (Å²) in [6.45, 7) is 7.49. The van der Waals surface area contributed by atoms with Gasteiger partial charge in [-0.25, -0.2) is 9.97 Å². The Morgan fingerprint density at radius 1 is 1.24 bits per heavy atom. The normalized spacial score (nSPS) is 14.3. The molecule has 0 aliphatic carbocycles. The first kappa shape index (κ1) is 24.8. The number of benzene rings is 1. The lowest BCUT2D eigenvalue weighted by Crippen LogP contribution is -2.37. The molecule has 4 rings (SSSR count). The van der Waals surface area contributed by atoms with E-state index in [-0.39, 0.29) is 17.9 Å². The van der Waals surface area contributed by atoms with Crippen molar-refractivity contribution in [3.8, 4) is 0 Å². The van der Waals surface area contributed by atoms with E-state index in [9.17, 15) is 4.79 Å². The number of aromatic nitrogens is 4. The highest BCUT2D eigenvalue weighted by atomic mass is 16.2. The molecule has 1 aliphatic heterocycles. The molecule has 34 heavy (non-hydrogen) atoms. The molecular weight excluding hydrogens is 432 g/mol. The first-order valence-electron chi connectivity index (χ1n) is 11.3. The SMILES string of the molecule is CC(C)N1CCC(c2cccc(Cn3cc(NC(=O)c4nccnc4N)cn3)c2)CC1.NC=O. The maximum atomic E-state index is 12.4. The molecule has 0 radical (unpaired) electrons. The Morgan fingerprint density at radius 2 is 1.94 bits per heavy atom. The van der Waals surface area contributed by atoms with E-state index in [2.05, 4.69) is 69.1 Å². The van der Waals surface area contributed by atoms with Gasteiger partial charge in [-0.3, -0.25) is 14.3 Å². The molecule has 0 bridgehead atoms. The number of likely N-dealkylation sites (tertiary alicyclic amines) is 1. The van der Waals surface area contributed by atoms with Gasteiger partial charge in [-0.1, -0.05) is 24.3 Å². The van der Waals surface area contributed by atoms with Crippen molar-refractivity contribution in [3.63, 3.8) is 0 Å². The van der Waals surface area contributed by atoms with Gasteiger partial charge in [-0.15, -0.1) is 0 Å². The molecule has 2 amide bonds. The number of hydrogen-bond acceptors (Lipinski definition) is 7. The van der Waals surface area contributed by atoms with Crippen LogP contribution in [0.5, 0.6) is 0 Å². The number of anilines is 2. The molecule has 3 aromatic rings. The van der Waals surface area contributed by atoms with Crippen LogP contribution in [0.3, 0.4) is 0 Å². The van der Waals surface area contributed by atoms with Crippen LogP contribution in [-0.4, -0.2) is 56.1 Å². The number of nitrogens with one attached hydrogen (secondary N) is 1. The molecule has 0 spiro atoms. The minimum Gasteiger partial charge on any atom is -0.382 e. The fraction of sp³-hybridized carbons (Fsp3) is 0.375. The van der Waals surface area contributed by atoms with E-state index in [1.165, 1.54) is 36.4 Å². The molecule has 5 N–H and O–H groups in total. The molecule has 1 aromatic carbocycles. The predicted octanol–water partition coefficient (Wildman–Crippen LogP) is 2.25. The second-order valence-corrected chi connectivity index (χ2v) is 8.46. The van der Waals surface area contributed by atoms with Crippen molar-refractivity contribution in [2.24, 2.45) is 5.73 Å². The van der Waals surface area contributed by atoms with Crippen LogP contribution in [-0.2, 0) is 11.3 Å². The largest absolute Gasteiger partial charge is 0.382 e. The van der Waals surface area contributed by atoms with Gasteiger partial charge in [-0.2, -0.15) is 5.10 Å². The Morgan fingerprint density at radius 3 is 2.62 bits per heavy atom. The van der Waals surface area contributed by atoms with Crippen molar-refractivity contribution in [1.29, 1.82) is 0 Å². The number of rotatable bonds is 6. The zero-order valence-electron chi connectivity index (χ0n) is 19.6. The van der Waals surface area contributed by atoms with Crippen LogP contribution in [0.1, 0.15) is 54.2 Å². The number of carbonyl (C=O) groups is 2. The lowest BCUT2D eigenvalue weighted by Gasteiger charge is -2.34. The molecule has 3 heterocycles. The minimum absolute atomic E-state index is 0.100. The van der Waals surface area contributed by atoms with Crippen molar-refractivity contribution < 1.29 is 9.59 Å². The van der Waals surface area contributed by atoms with Crippen LogP contribution in [0, 0.1) is 0 Å². The molecule has 10 heteroatoms. The van der Waals surface area contributed by atoms with Crippen LogP contribution >= 0.6 is 0 Å². The molecule has 0 atom stereocenters. The van der Waals surface area contributed by atoms with Gasteiger partial charge in [0.1, 0.15) is 0 Å². The van der Waals surface area contributed by atoms with Crippen LogP contribution in [0.4, 0.5) is 11.5 Å². The molecular formula is C24H32N8O2. The lowest BCUT2D eigenvalue weighted by molar-refractivity contribution is -0.106. The van der Waals surface area contributed by atoms with Crippen molar-refractivity contribution in [2.75, 3.05) is 24.1 Å². The van der Waals surface area contributed by atoms with Gasteiger partial charge in [0, 0.05) is 24.6 Å². The van der Waals surface area contributed by atoms with Crippen molar-refractivity contribution in [2.45, 2.75) is 45.2 Å². The van der Waals surface area contributed by atoms with Gasteiger partial charge in [0.25, 0.3) is 5.91 Å². The number of hydrogen-bond donors (Lipinski definition) is 3. The number of nitrogen functional groups attached to an aromatic ring is 1. The van der Waals surface area contributed by atoms with Crippen molar-refractivity contribution >= 4 is 23.8 Å². The molecule has 1 saturated heterocycles. The summed E-state index contributed by atoms with van der Waals surface area (Å²) in [5, 5.41) is 7.15.